The Bertz CT molecular complexity index is 651. The Labute approximate surface area is 143 Å². The van der Waals surface area contributed by atoms with Gasteiger partial charge in [0.1, 0.15) is 0 Å². The first-order valence-electron chi connectivity index (χ1n) is 7.81. The molecule has 9 heteroatoms. The van der Waals surface area contributed by atoms with Gasteiger partial charge in [-0.25, -0.2) is 13.2 Å². The Balaban J connectivity index is 1.94. The van der Waals surface area contributed by atoms with Gasteiger partial charge in [-0.2, -0.15) is 0 Å². The number of hydrogen-bond donors (Lipinski definition) is 1. The van der Waals surface area contributed by atoms with E-state index in [1.807, 2.05) is 0 Å². The Morgan fingerprint density at radius 2 is 1.88 bits per heavy atom. The number of benzene rings is 1. The number of carbonyl (C=O) groups is 2. The predicted octanol–water partition coefficient (Wildman–Crippen LogP) is 1.22. The Morgan fingerprint density at radius 1 is 1.24 bits per heavy atom. The molecule has 0 bridgehead atoms. The van der Waals surface area contributed by atoms with Crippen molar-refractivity contribution in [3.63, 3.8) is 0 Å². The lowest BCUT2D eigenvalue weighted by molar-refractivity contribution is -0.137. The average molecular weight is 359 g/mol. The summed E-state index contributed by atoms with van der Waals surface area (Å²) in [6, 6.07) is 0.888. The van der Waals surface area contributed by atoms with Crippen molar-refractivity contribution < 1.29 is 27.5 Å². The first kappa shape index (κ1) is 19.2. The van der Waals surface area contributed by atoms with Crippen LogP contribution in [0.3, 0.4) is 0 Å². The van der Waals surface area contributed by atoms with Crippen LogP contribution in [0.2, 0.25) is 0 Å². The van der Waals surface area contributed by atoms with E-state index in [2.05, 4.69) is 5.32 Å². The number of rotatable bonds is 5. The van der Waals surface area contributed by atoms with E-state index >= 15 is 0 Å². The van der Waals surface area contributed by atoms with Crippen LogP contribution in [0.25, 0.3) is 0 Å². The van der Waals surface area contributed by atoms with Crippen molar-refractivity contribution in [3.8, 4) is 0 Å². The third-order valence-electron chi connectivity index (χ3n) is 4.08. The van der Waals surface area contributed by atoms with Gasteiger partial charge < -0.3 is 15.0 Å². The molecule has 1 aliphatic heterocycles. The molecule has 1 fully saturated rings. The summed E-state index contributed by atoms with van der Waals surface area (Å²) in [6.45, 7) is 3.46. The largest absolute Gasteiger partial charge is 0.378 e. The van der Waals surface area contributed by atoms with Crippen LogP contribution < -0.4 is 5.32 Å². The van der Waals surface area contributed by atoms with Gasteiger partial charge in [0.15, 0.2) is 17.5 Å². The highest BCUT2D eigenvalue weighted by Gasteiger charge is 2.25. The van der Waals surface area contributed by atoms with E-state index in [1.165, 1.54) is 11.8 Å². The van der Waals surface area contributed by atoms with E-state index in [0.29, 0.717) is 26.3 Å². The normalized spacial score (nSPS) is 16.0. The fraction of sp³-hybridized carbons (Fsp3) is 0.500. The Kier molecular flexibility index (Phi) is 6.38. The van der Waals surface area contributed by atoms with Gasteiger partial charge in [-0.15, -0.1) is 0 Å². The van der Waals surface area contributed by atoms with Crippen molar-refractivity contribution in [1.29, 1.82) is 0 Å². The molecule has 1 saturated heterocycles. The Hall–Kier alpha value is -2.13. The number of halogens is 3. The van der Waals surface area contributed by atoms with E-state index < -0.39 is 35.1 Å². The molecule has 2 amide bonds. The maximum Gasteiger partial charge on any atom is 0.241 e. The van der Waals surface area contributed by atoms with Crippen LogP contribution in [-0.2, 0) is 14.3 Å². The van der Waals surface area contributed by atoms with Gasteiger partial charge in [0.2, 0.25) is 11.8 Å². The molecular weight excluding hydrogens is 339 g/mol. The van der Waals surface area contributed by atoms with E-state index in [0.717, 1.165) is 12.1 Å². The minimum atomic E-state index is -1.65. The smallest absolute Gasteiger partial charge is 0.241 e. The monoisotopic (exact) mass is 359 g/mol. The highest BCUT2D eigenvalue weighted by Crippen LogP contribution is 2.20. The van der Waals surface area contributed by atoms with Crippen molar-refractivity contribution in [2.24, 2.45) is 0 Å². The van der Waals surface area contributed by atoms with Crippen molar-refractivity contribution in [3.05, 3.63) is 29.6 Å². The standard InChI is InChI=1S/C16H20F3N3O3/c1-10(21(2)9-13(23)22-5-7-25-8-6-22)16(24)20-12-4-3-11(17)14(18)15(12)19/h3-4,10H,5-9H2,1-2H3,(H,20,24)/t10-/m0/s1. The highest BCUT2D eigenvalue weighted by molar-refractivity contribution is 5.95. The second kappa shape index (κ2) is 8.30. The van der Waals surface area contributed by atoms with Gasteiger partial charge in [0.05, 0.1) is 31.5 Å². The lowest BCUT2D eigenvalue weighted by Gasteiger charge is -2.30. The van der Waals surface area contributed by atoms with Crippen LogP contribution in [0.1, 0.15) is 6.92 Å². The minimum absolute atomic E-state index is 0.00511. The minimum Gasteiger partial charge on any atom is -0.378 e. The average Bonchev–Trinajstić information content (AvgIpc) is 2.62. The second-order valence-electron chi connectivity index (χ2n) is 5.80. The highest BCUT2D eigenvalue weighted by atomic mass is 19.2. The maximum atomic E-state index is 13.6. The summed E-state index contributed by atoms with van der Waals surface area (Å²) < 4.78 is 44.9. The summed E-state index contributed by atoms with van der Waals surface area (Å²) >= 11 is 0. The zero-order valence-corrected chi connectivity index (χ0v) is 14.0. The summed E-state index contributed by atoms with van der Waals surface area (Å²) in [5.74, 6) is -5.24. The van der Waals surface area contributed by atoms with Crippen LogP contribution >= 0.6 is 0 Å². The van der Waals surface area contributed by atoms with Gasteiger partial charge in [0, 0.05) is 13.1 Å². The van der Waals surface area contributed by atoms with Gasteiger partial charge in [-0.05, 0) is 26.1 Å². The zero-order chi connectivity index (χ0) is 18.6. The molecule has 0 radical (unpaired) electrons. The molecule has 0 saturated carbocycles. The molecule has 6 nitrogen and oxygen atoms in total. The predicted molar refractivity (Wildman–Crippen MR) is 84.4 cm³/mol. The molecule has 25 heavy (non-hydrogen) atoms. The molecule has 138 valence electrons. The first-order chi connectivity index (χ1) is 11.8. The fourth-order valence-electron chi connectivity index (χ4n) is 2.32. The number of carbonyl (C=O) groups excluding carboxylic acids is 2. The first-order valence-corrected chi connectivity index (χ1v) is 7.81. The summed E-state index contributed by atoms with van der Waals surface area (Å²) in [4.78, 5) is 27.5. The van der Waals surface area contributed by atoms with Gasteiger partial charge in [0.25, 0.3) is 0 Å². The lowest BCUT2D eigenvalue weighted by atomic mass is 10.2. The van der Waals surface area contributed by atoms with Crippen molar-refractivity contribution in [1.82, 2.24) is 9.80 Å². The number of anilines is 1. The van der Waals surface area contributed by atoms with Gasteiger partial charge in [-0.1, -0.05) is 0 Å². The van der Waals surface area contributed by atoms with Crippen LogP contribution in [0.5, 0.6) is 0 Å². The number of nitrogens with zero attached hydrogens (tertiary/aromatic N) is 2. The second-order valence-corrected chi connectivity index (χ2v) is 5.80. The maximum absolute atomic E-state index is 13.6. The third kappa shape index (κ3) is 4.70. The topological polar surface area (TPSA) is 61.9 Å². The van der Waals surface area contributed by atoms with Crippen LogP contribution in [0.15, 0.2) is 12.1 Å². The molecular formula is C16H20F3N3O3. The third-order valence-corrected chi connectivity index (χ3v) is 4.08. The zero-order valence-electron chi connectivity index (χ0n) is 14.0. The molecule has 1 heterocycles. The summed E-state index contributed by atoms with van der Waals surface area (Å²) in [5.41, 5.74) is -0.455. The number of morpholine rings is 1. The van der Waals surface area contributed by atoms with Gasteiger partial charge >= 0.3 is 0 Å². The molecule has 0 spiro atoms. The summed E-state index contributed by atoms with van der Waals surface area (Å²) in [7, 11) is 1.57. The van der Waals surface area contributed by atoms with E-state index in [9.17, 15) is 22.8 Å². The van der Waals surface area contributed by atoms with Crippen LogP contribution in [-0.4, -0.2) is 67.6 Å². The fourth-order valence-corrected chi connectivity index (χ4v) is 2.32. The number of hydrogen-bond acceptors (Lipinski definition) is 4. The number of likely N-dealkylation sites (N-methyl/N-ethyl adjacent to an activating group) is 1. The molecule has 1 aliphatic rings. The molecule has 1 atom stereocenters. The molecule has 2 rings (SSSR count). The van der Waals surface area contributed by atoms with Gasteiger partial charge in [-0.3, -0.25) is 14.5 Å². The van der Waals surface area contributed by atoms with Crippen molar-refractivity contribution in [2.45, 2.75) is 13.0 Å². The SMILES string of the molecule is C[C@@H](C(=O)Nc1ccc(F)c(F)c1F)N(C)CC(=O)N1CCOCC1. The van der Waals surface area contributed by atoms with Crippen molar-refractivity contribution >= 4 is 17.5 Å². The molecule has 1 N–H and O–H groups in total. The van der Waals surface area contributed by atoms with Crippen LogP contribution in [0, 0.1) is 17.5 Å². The quantitative estimate of drug-likeness (QED) is 0.803. The van der Waals surface area contributed by atoms with E-state index in [4.69, 9.17) is 4.74 Å². The molecule has 0 aromatic heterocycles. The molecule has 0 unspecified atom stereocenters. The summed E-state index contributed by atoms with van der Waals surface area (Å²) in [5, 5.41) is 2.20. The molecule has 1 aromatic rings. The molecule has 1 aromatic carbocycles. The number of nitrogens with one attached hydrogen (secondary N) is 1. The van der Waals surface area contributed by atoms with Crippen molar-refractivity contribution in [2.75, 3.05) is 45.2 Å². The number of amides is 2. The van der Waals surface area contributed by atoms with E-state index in [-0.39, 0.29) is 12.5 Å². The van der Waals surface area contributed by atoms with Crippen LogP contribution in [0.4, 0.5) is 18.9 Å². The summed E-state index contributed by atoms with van der Waals surface area (Å²) in [6.07, 6.45) is 0. The Morgan fingerprint density at radius 3 is 2.52 bits per heavy atom. The molecule has 0 aliphatic carbocycles. The number of ether oxygens (including phenoxy) is 1. The van der Waals surface area contributed by atoms with E-state index in [1.54, 1.807) is 11.9 Å². The lowest BCUT2D eigenvalue weighted by Crippen LogP contribution is -2.48.